The number of nitrogens with zero attached hydrogens (tertiary/aromatic N) is 2. The Morgan fingerprint density at radius 2 is 1.76 bits per heavy atom. The van der Waals surface area contributed by atoms with E-state index >= 15 is 0 Å². The molecule has 9 heteroatoms. The maximum absolute atomic E-state index is 12.6. The van der Waals surface area contributed by atoms with E-state index < -0.39 is 15.8 Å². The van der Waals surface area contributed by atoms with Crippen molar-refractivity contribution < 1.29 is 22.8 Å². The van der Waals surface area contributed by atoms with E-state index in [1.165, 1.54) is 0 Å². The van der Waals surface area contributed by atoms with Crippen molar-refractivity contribution >= 4 is 33.2 Å². The number of hydrogen-bond acceptors (Lipinski definition) is 5. The molecule has 156 valence electrons. The van der Waals surface area contributed by atoms with E-state index in [2.05, 4.69) is 5.32 Å². The normalized spacial score (nSPS) is 26.1. The highest BCUT2D eigenvalue weighted by molar-refractivity contribution is 7.91. The minimum atomic E-state index is -3.09. The van der Waals surface area contributed by atoms with Gasteiger partial charge in [-0.05, 0) is 43.5 Å². The van der Waals surface area contributed by atoms with E-state index in [4.69, 9.17) is 0 Å². The Morgan fingerprint density at radius 1 is 1.07 bits per heavy atom. The second-order valence-electron chi connectivity index (χ2n) is 8.07. The Kier molecular flexibility index (Phi) is 5.33. The van der Waals surface area contributed by atoms with E-state index in [-0.39, 0.29) is 48.2 Å². The maximum Gasteiger partial charge on any atom is 0.253 e. The zero-order chi connectivity index (χ0) is 20.6. The molecule has 1 N–H and O–H groups in total. The molecule has 4 rings (SSSR count). The van der Waals surface area contributed by atoms with Crippen molar-refractivity contribution in [1.29, 1.82) is 0 Å². The Bertz CT molecular complexity index is 922. The van der Waals surface area contributed by atoms with Gasteiger partial charge in [0.15, 0.2) is 9.84 Å². The minimum absolute atomic E-state index is 0.00363. The molecular weight excluding hydrogens is 394 g/mol. The Balaban J connectivity index is 1.34. The van der Waals surface area contributed by atoms with Gasteiger partial charge in [-0.15, -0.1) is 0 Å². The van der Waals surface area contributed by atoms with Gasteiger partial charge >= 0.3 is 0 Å². The quantitative estimate of drug-likeness (QED) is 0.781. The predicted molar refractivity (Wildman–Crippen MR) is 107 cm³/mol. The lowest BCUT2D eigenvalue weighted by Gasteiger charge is -2.23. The highest BCUT2D eigenvalue weighted by Crippen LogP contribution is 2.27. The molecule has 29 heavy (non-hydrogen) atoms. The molecule has 1 aromatic rings. The van der Waals surface area contributed by atoms with Crippen LogP contribution < -0.4 is 5.32 Å². The molecule has 2 atom stereocenters. The van der Waals surface area contributed by atoms with E-state index in [0.29, 0.717) is 17.7 Å². The fourth-order valence-electron chi connectivity index (χ4n) is 4.32. The number of carbonyl (C=O) groups excluding carboxylic acids is 3. The third-order valence-electron chi connectivity index (χ3n) is 5.97. The summed E-state index contributed by atoms with van der Waals surface area (Å²) >= 11 is 0. The Hall–Kier alpha value is -2.42. The first-order valence-corrected chi connectivity index (χ1v) is 11.8. The predicted octanol–water partition coefficient (Wildman–Crippen LogP) is 0.897. The molecule has 0 unspecified atom stereocenters. The molecule has 0 spiro atoms. The van der Waals surface area contributed by atoms with Gasteiger partial charge in [-0.1, -0.05) is 0 Å². The topological polar surface area (TPSA) is 104 Å². The molecule has 0 aromatic heterocycles. The van der Waals surface area contributed by atoms with E-state index in [1.807, 2.05) is 4.90 Å². The zero-order valence-corrected chi connectivity index (χ0v) is 17.0. The smallest absolute Gasteiger partial charge is 0.253 e. The van der Waals surface area contributed by atoms with Crippen LogP contribution in [0.2, 0.25) is 0 Å². The molecule has 3 saturated heterocycles. The van der Waals surface area contributed by atoms with E-state index in [9.17, 15) is 22.8 Å². The summed E-state index contributed by atoms with van der Waals surface area (Å²) in [6.07, 6.45) is 2.59. The van der Waals surface area contributed by atoms with Crippen LogP contribution in [0.3, 0.4) is 0 Å². The molecule has 3 amide bonds. The SMILES string of the molecule is O=C(Nc1ccc(C(=O)N2CCCC2)cc1)[C@H]1CC(=O)N([C@@H]2CCS(=O)(=O)C2)C1. The van der Waals surface area contributed by atoms with Gasteiger partial charge in [0.05, 0.1) is 17.4 Å². The Labute approximate surface area is 170 Å². The van der Waals surface area contributed by atoms with Crippen LogP contribution in [0, 0.1) is 5.92 Å². The first kappa shape index (κ1) is 19.9. The zero-order valence-electron chi connectivity index (χ0n) is 16.2. The first-order valence-electron chi connectivity index (χ1n) is 10.0. The van der Waals surface area contributed by atoms with Crippen LogP contribution in [0.4, 0.5) is 5.69 Å². The average molecular weight is 420 g/mol. The number of nitrogens with one attached hydrogen (secondary N) is 1. The molecule has 0 saturated carbocycles. The summed E-state index contributed by atoms with van der Waals surface area (Å²) in [4.78, 5) is 40.7. The van der Waals surface area contributed by atoms with Crippen LogP contribution in [-0.4, -0.2) is 73.1 Å². The van der Waals surface area contributed by atoms with Crippen LogP contribution in [0.5, 0.6) is 0 Å². The highest BCUT2D eigenvalue weighted by atomic mass is 32.2. The summed E-state index contributed by atoms with van der Waals surface area (Å²) in [5.74, 6) is -0.847. The van der Waals surface area contributed by atoms with Gasteiger partial charge < -0.3 is 15.1 Å². The van der Waals surface area contributed by atoms with Gasteiger partial charge in [-0.25, -0.2) is 8.42 Å². The molecule has 0 radical (unpaired) electrons. The first-order chi connectivity index (χ1) is 13.8. The maximum atomic E-state index is 12.6. The summed E-state index contributed by atoms with van der Waals surface area (Å²) < 4.78 is 23.4. The summed E-state index contributed by atoms with van der Waals surface area (Å²) in [5, 5.41) is 2.81. The number of hydrogen-bond donors (Lipinski definition) is 1. The van der Waals surface area contributed by atoms with Crippen molar-refractivity contribution in [1.82, 2.24) is 9.80 Å². The fraction of sp³-hybridized carbons (Fsp3) is 0.550. The van der Waals surface area contributed by atoms with Crippen molar-refractivity contribution in [2.24, 2.45) is 5.92 Å². The second-order valence-corrected chi connectivity index (χ2v) is 10.3. The third kappa shape index (κ3) is 4.29. The second kappa shape index (κ2) is 7.78. The molecule has 3 fully saturated rings. The van der Waals surface area contributed by atoms with Crippen LogP contribution in [0.15, 0.2) is 24.3 Å². The van der Waals surface area contributed by atoms with E-state index in [1.54, 1.807) is 29.2 Å². The molecule has 1 aromatic carbocycles. The number of likely N-dealkylation sites (tertiary alicyclic amines) is 2. The van der Waals surface area contributed by atoms with Gasteiger partial charge in [0, 0.05) is 43.3 Å². The summed E-state index contributed by atoms with van der Waals surface area (Å²) in [6, 6.07) is 6.47. The standard InChI is InChI=1S/C20H25N3O5S/c24-18-11-15(12-23(18)17-7-10-29(27,28)13-17)19(25)21-16-5-3-14(4-6-16)20(26)22-8-1-2-9-22/h3-6,15,17H,1-2,7-13H2,(H,21,25)/t15-,17+/m0/s1. The largest absolute Gasteiger partial charge is 0.339 e. The number of amides is 3. The van der Waals surface area contributed by atoms with Crippen molar-refractivity contribution in [3.05, 3.63) is 29.8 Å². The number of rotatable bonds is 4. The summed E-state index contributed by atoms with van der Waals surface area (Å²) in [5.41, 5.74) is 1.16. The number of carbonyl (C=O) groups is 3. The molecular formula is C20H25N3O5S. The number of benzene rings is 1. The van der Waals surface area contributed by atoms with Crippen molar-refractivity contribution in [2.75, 3.05) is 36.5 Å². The summed E-state index contributed by atoms with van der Waals surface area (Å²) in [7, 11) is -3.09. The van der Waals surface area contributed by atoms with E-state index in [0.717, 1.165) is 25.9 Å². The van der Waals surface area contributed by atoms with Gasteiger partial charge in [0.1, 0.15) is 0 Å². The minimum Gasteiger partial charge on any atom is -0.339 e. The molecule has 0 aliphatic carbocycles. The fourth-order valence-corrected chi connectivity index (χ4v) is 6.06. The van der Waals surface area contributed by atoms with Crippen molar-refractivity contribution in [3.63, 3.8) is 0 Å². The lowest BCUT2D eigenvalue weighted by atomic mass is 10.1. The molecule has 0 bridgehead atoms. The molecule has 3 heterocycles. The Morgan fingerprint density at radius 3 is 2.38 bits per heavy atom. The lowest BCUT2D eigenvalue weighted by molar-refractivity contribution is -0.129. The number of sulfone groups is 1. The number of anilines is 1. The molecule has 3 aliphatic heterocycles. The lowest BCUT2D eigenvalue weighted by Crippen LogP contribution is -2.38. The third-order valence-corrected chi connectivity index (χ3v) is 7.72. The van der Waals surface area contributed by atoms with Gasteiger partial charge in [0.25, 0.3) is 5.91 Å². The van der Waals surface area contributed by atoms with Gasteiger partial charge in [-0.2, -0.15) is 0 Å². The van der Waals surface area contributed by atoms with Crippen LogP contribution in [0.1, 0.15) is 36.0 Å². The molecule has 3 aliphatic rings. The van der Waals surface area contributed by atoms with Crippen LogP contribution in [-0.2, 0) is 19.4 Å². The van der Waals surface area contributed by atoms with Crippen molar-refractivity contribution in [2.45, 2.75) is 31.7 Å². The average Bonchev–Trinajstić information content (AvgIpc) is 3.41. The van der Waals surface area contributed by atoms with Crippen LogP contribution in [0.25, 0.3) is 0 Å². The molecule has 8 nitrogen and oxygen atoms in total. The van der Waals surface area contributed by atoms with Gasteiger partial charge in [-0.3, -0.25) is 14.4 Å². The monoisotopic (exact) mass is 419 g/mol. The summed E-state index contributed by atoms with van der Waals surface area (Å²) in [6.45, 7) is 1.81. The van der Waals surface area contributed by atoms with Crippen LogP contribution >= 0.6 is 0 Å². The highest BCUT2D eigenvalue weighted by Gasteiger charge is 2.41. The van der Waals surface area contributed by atoms with Crippen molar-refractivity contribution in [3.8, 4) is 0 Å². The van der Waals surface area contributed by atoms with Gasteiger partial charge in [0.2, 0.25) is 11.8 Å².